The van der Waals surface area contributed by atoms with E-state index in [4.69, 9.17) is 0 Å². The molecule has 23 heavy (non-hydrogen) atoms. The molecule has 3 nitrogen and oxygen atoms in total. The number of amides is 1. The van der Waals surface area contributed by atoms with Crippen molar-refractivity contribution in [3.8, 4) is 0 Å². The van der Waals surface area contributed by atoms with Gasteiger partial charge in [-0.3, -0.25) is 4.79 Å². The van der Waals surface area contributed by atoms with Gasteiger partial charge in [0.2, 0.25) is 5.91 Å². The van der Waals surface area contributed by atoms with Crippen LogP contribution in [0.15, 0.2) is 65.1 Å². The summed E-state index contributed by atoms with van der Waals surface area (Å²) in [4.78, 5) is 14.2. The molecule has 1 atom stereocenters. The molecule has 1 aliphatic rings. The van der Waals surface area contributed by atoms with E-state index < -0.39 is 0 Å². The van der Waals surface area contributed by atoms with Gasteiger partial charge in [0.1, 0.15) is 0 Å². The minimum atomic E-state index is 0.0677. The van der Waals surface area contributed by atoms with Crippen LogP contribution < -0.4 is 5.32 Å². The lowest BCUT2D eigenvalue weighted by molar-refractivity contribution is -0.124. The van der Waals surface area contributed by atoms with Crippen LogP contribution in [0, 0.1) is 0 Å². The predicted octanol–water partition coefficient (Wildman–Crippen LogP) is 4.18. The molecule has 0 aliphatic carbocycles. The maximum Gasteiger partial charge on any atom is 0.246 e. The molecule has 1 amide bonds. The number of nitrogens with one attached hydrogen (secondary N) is 1. The predicted molar refractivity (Wildman–Crippen MR) is 98.2 cm³/mol. The molecule has 1 saturated heterocycles. The van der Waals surface area contributed by atoms with Crippen molar-refractivity contribution in [1.29, 1.82) is 0 Å². The van der Waals surface area contributed by atoms with Crippen molar-refractivity contribution < 1.29 is 4.79 Å². The molecule has 0 spiro atoms. The second-order valence-corrected chi connectivity index (χ2v) is 6.49. The number of likely N-dealkylation sites (tertiary alicyclic amines) is 1. The molecule has 0 radical (unpaired) electrons. The summed E-state index contributed by atoms with van der Waals surface area (Å²) in [6.45, 7) is 1.54. The molecular formula is C19H19BrN2O. The standard InChI is InChI=1S/C19H19BrN2O/c20-18-9-5-4-6-15(18)10-11-19(23)22-13-12-17(14-22)21-16-7-2-1-3-8-16/h1-11,17,21H,12-14H2/b11-10+. The first-order valence-electron chi connectivity index (χ1n) is 7.75. The summed E-state index contributed by atoms with van der Waals surface area (Å²) < 4.78 is 0.995. The van der Waals surface area contributed by atoms with Crippen molar-refractivity contribution in [2.45, 2.75) is 12.5 Å². The van der Waals surface area contributed by atoms with E-state index in [0.29, 0.717) is 6.04 Å². The number of rotatable bonds is 4. The minimum Gasteiger partial charge on any atom is -0.380 e. The topological polar surface area (TPSA) is 32.3 Å². The monoisotopic (exact) mass is 370 g/mol. The second kappa shape index (κ2) is 7.47. The van der Waals surface area contributed by atoms with Gasteiger partial charge in [0.25, 0.3) is 0 Å². The first kappa shape index (κ1) is 15.8. The van der Waals surface area contributed by atoms with Crippen LogP contribution in [0.5, 0.6) is 0 Å². The zero-order chi connectivity index (χ0) is 16.1. The second-order valence-electron chi connectivity index (χ2n) is 5.64. The van der Waals surface area contributed by atoms with Gasteiger partial charge in [-0.2, -0.15) is 0 Å². The van der Waals surface area contributed by atoms with Crippen LogP contribution in [-0.4, -0.2) is 29.9 Å². The Balaban J connectivity index is 1.56. The summed E-state index contributed by atoms with van der Waals surface area (Å²) in [6.07, 6.45) is 4.50. The van der Waals surface area contributed by atoms with Gasteiger partial charge in [0.15, 0.2) is 0 Å². The van der Waals surface area contributed by atoms with Gasteiger partial charge in [-0.15, -0.1) is 0 Å². The van der Waals surface area contributed by atoms with E-state index in [1.807, 2.05) is 53.4 Å². The molecule has 1 heterocycles. The smallest absolute Gasteiger partial charge is 0.246 e. The van der Waals surface area contributed by atoms with Crippen LogP contribution in [0.2, 0.25) is 0 Å². The molecule has 4 heteroatoms. The number of nitrogens with zero attached hydrogens (tertiary/aromatic N) is 1. The lowest BCUT2D eigenvalue weighted by atomic mass is 10.2. The zero-order valence-electron chi connectivity index (χ0n) is 12.8. The summed E-state index contributed by atoms with van der Waals surface area (Å²) in [5.41, 5.74) is 2.12. The maximum absolute atomic E-state index is 12.3. The van der Waals surface area contributed by atoms with Crippen molar-refractivity contribution in [1.82, 2.24) is 4.90 Å². The van der Waals surface area contributed by atoms with E-state index >= 15 is 0 Å². The van der Waals surface area contributed by atoms with E-state index in [9.17, 15) is 4.79 Å². The van der Waals surface area contributed by atoms with Crippen LogP contribution in [0.1, 0.15) is 12.0 Å². The van der Waals surface area contributed by atoms with Crippen molar-refractivity contribution in [2.75, 3.05) is 18.4 Å². The molecule has 1 unspecified atom stereocenters. The normalized spacial score (nSPS) is 17.6. The van der Waals surface area contributed by atoms with Crippen molar-refractivity contribution >= 4 is 33.6 Å². The number of benzene rings is 2. The van der Waals surface area contributed by atoms with Gasteiger partial charge in [-0.25, -0.2) is 0 Å². The number of anilines is 1. The Labute approximate surface area is 145 Å². The first-order valence-corrected chi connectivity index (χ1v) is 8.55. The van der Waals surface area contributed by atoms with Crippen molar-refractivity contribution in [3.05, 3.63) is 70.7 Å². The third kappa shape index (κ3) is 4.23. The Morgan fingerprint density at radius 3 is 2.65 bits per heavy atom. The van der Waals surface area contributed by atoms with E-state index in [-0.39, 0.29) is 5.91 Å². The van der Waals surface area contributed by atoms with E-state index in [1.165, 1.54) is 0 Å². The molecule has 0 bridgehead atoms. The van der Waals surface area contributed by atoms with E-state index in [0.717, 1.165) is 35.2 Å². The number of halogens is 1. The Kier molecular flexibility index (Phi) is 5.13. The number of carbonyl (C=O) groups is 1. The lowest BCUT2D eigenvalue weighted by Gasteiger charge is -2.16. The van der Waals surface area contributed by atoms with Gasteiger partial charge in [0.05, 0.1) is 0 Å². The highest BCUT2D eigenvalue weighted by atomic mass is 79.9. The van der Waals surface area contributed by atoms with Crippen molar-refractivity contribution in [3.63, 3.8) is 0 Å². The Bertz CT molecular complexity index is 700. The van der Waals surface area contributed by atoms with Crippen LogP contribution in [-0.2, 0) is 4.79 Å². The molecule has 1 aliphatic heterocycles. The zero-order valence-corrected chi connectivity index (χ0v) is 14.4. The number of carbonyl (C=O) groups excluding carboxylic acids is 1. The van der Waals surface area contributed by atoms with Gasteiger partial charge >= 0.3 is 0 Å². The molecule has 118 valence electrons. The number of para-hydroxylation sites is 1. The van der Waals surface area contributed by atoms with Crippen LogP contribution in [0.25, 0.3) is 6.08 Å². The molecule has 1 N–H and O–H groups in total. The third-order valence-corrected chi connectivity index (χ3v) is 4.68. The Hall–Kier alpha value is -2.07. The summed E-state index contributed by atoms with van der Waals surface area (Å²) in [6, 6.07) is 18.3. The molecule has 0 aromatic heterocycles. The fourth-order valence-corrected chi connectivity index (χ4v) is 3.14. The van der Waals surface area contributed by atoms with Gasteiger partial charge < -0.3 is 10.2 Å². The highest BCUT2D eigenvalue weighted by Gasteiger charge is 2.24. The highest BCUT2D eigenvalue weighted by Crippen LogP contribution is 2.19. The van der Waals surface area contributed by atoms with Gasteiger partial charge in [0, 0.05) is 35.4 Å². The fourth-order valence-electron chi connectivity index (χ4n) is 2.73. The maximum atomic E-state index is 12.3. The van der Waals surface area contributed by atoms with Crippen LogP contribution >= 0.6 is 15.9 Å². The number of hydrogen-bond donors (Lipinski definition) is 1. The summed E-state index contributed by atoms with van der Waals surface area (Å²) in [5, 5.41) is 3.48. The average Bonchev–Trinajstić information content (AvgIpc) is 3.03. The van der Waals surface area contributed by atoms with E-state index in [2.05, 4.69) is 33.4 Å². The fraction of sp³-hybridized carbons (Fsp3) is 0.211. The largest absolute Gasteiger partial charge is 0.380 e. The van der Waals surface area contributed by atoms with Crippen LogP contribution in [0.4, 0.5) is 5.69 Å². The molecule has 2 aromatic carbocycles. The molecule has 2 aromatic rings. The molecular weight excluding hydrogens is 352 g/mol. The molecule has 1 fully saturated rings. The lowest BCUT2D eigenvalue weighted by Crippen LogP contribution is -2.30. The first-order chi connectivity index (χ1) is 11.2. The quantitative estimate of drug-likeness (QED) is 0.818. The summed E-state index contributed by atoms with van der Waals surface area (Å²) in [5.74, 6) is 0.0677. The van der Waals surface area contributed by atoms with Gasteiger partial charge in [-0.05, 0) is 36.3 Å². The summed E-state index contributed by atoms with van der Waals surface area (Å²) >= 11 is 3.49. The SMILES string of the molecule is O=C(/C=C/c1ccccc1Br)N1CCC(Nc2ccccc2)C1. The summed E-state index contributed by atoms with van der Waals surface area (Å²) in [7, 11) is 0. The highest BCUT2D eigenvalue weighted by molar-refractivity contribution is 9.10. The third-order valence-electron chi connectivity index (χ3n) is 3.96. The van der Waals surface area contributed by atoms with Crippen molar-refractivity contribution in [2.24, 2.45) is 0 Å². The van der Waals surface area contributed by atoms with Crippen LogP contribution in [0.3, 0.4) is 0 Å². The Morgan fingerprint density at radius 2 is 1.87 bits per heavy atom. The molecule has 0 saturated carbocycles. The molecule has 3 rings (SSSR count). The minimum absolute atomic E-state index is 0.0677. The van der Waals surface area contributed by atoms with Gasteiger partial charge in [-0.1, -0.05) is 52.3 Å². The Morgan fingerprint density at radius 1 is 1.13 bits per heavy atom. The number of hydrogen-bond acceptors (Lipinski definition) is 2. The van der Waals surface area contributed by atoms with E-state index in [1.54, 1.807) is 6.08 Å². The average molecular weight is 371 g/mol.